The van der Waals surface area contributed by atoms with Crippen molar-refractivity contribution in [2.24, 2.45) is 5.73 Å². The fourth-order valence-corrected chi connectivity index (χ4v) is 4.44. The molecule has 2 heterocycles. The summed E-state index contributed by atoms with van der Waals surface area (Å²) in [5, 5.41) is 0. The zero-order valence-corrected chi connectivity index (χ0v) is 16.0. The Kier molecular flexibility index (Phi) is 4.57. The molecule has 26 heavy (non-hydrogen) atoms. The molecule has 5 heteroatoms. The minimum atomic E-state index is 0.229. The molecule has 3 atom stereocenters. The fourth-order valence-electron chi connectivity index (χ4n) is 4.44. The van der Waals surface area contributed by atoms with E-state index in [-0.39, 0.29) is 6.04 Å². The quantitative estimate of drug-likeness (QED) is 0.921. The number of nitrogens with two attached hydrogens (primary N) is 1. The van der Waals surface area contributed by atoms with Crippen molar-refractivity contribution >= 4 is 11.8 Å². The van der Waals surface area contributed by atoms with E-state index in [1.807, 2.05) is 19.0 Å². The van der Waals surface area contributed by atoms with E-state index in [9.17, 15) is 0 Å². The highest BCUT2D eigenvalue weighted by atomic mass is 15.3. The van der Waals surface area contributed by atoms with Crippen LogP contribution in [0, 0.1) is 0 Å². The summed E-state index contributed by atoms with van der Waals surface area (Å²) in [5.74, 6) is 2.26. The molecule has 138 valence electrons. The first-order chi connectivity index (χ1) is 12.5. The van der Waals surface area contributed by atoms with Crippen LogP contribution in [0.25, 0.3) is 0 Å². The van der Waals surface area contributed by atoms with Gasteiger partial charge in [0.1, 0.15) is 5.82 Å². The van der Waals surface area contributed by atoms with Crippen LogP contribution in [-0.4, -0.2) is 42.7 Å². The van der Waals surface area contributed by atoms with Crippen molar-refractivity contribution in [3.63, 3.8) is 0 Å². The second kappa shape index (κ2) is 6.88. The summed E-state index contributed by atoms with van der Waals surface area (Å²) in [5.41, 5.74) is 10.1. The number of anilines is 2. The zero-order chi connectivity index (χ0) is 18.3. The van der Waals surface area contributed by atoms with Gasteiger partial charge < -0.3 is 15.5 Å². The number of aromatic nitrogens is 2. The van der Waals surface area contributed by atoms with Crippen LogP contribution in [-0.2, 0) is 6.42 Å². The highest BCUT2D eigenvalue weighted by molar-refractivity contribution is 5.57. The molecule has 1 aliphatic heterocycles. The molecular formula is C21H29N5. The van der Waals surface area contributed by atoms with Crippen molar-refractivity contribution in [2.45, 2.75) is 50.6 Å². The molecule has 2 aromatic rings. The highest BCUT2D eigenvalue weighted by Crippen LogP contribution is 2.41. The molecule has 1 aromatic heterocycles. The smallest absolute Gasteiger partial charge is 0.227 e. The molecule has 1 unspecified atom stereocenters. The number of rotatable bonds is 3. The summed E-state index contributed by atoms with van der Waals surface area (Å²) >= 11 is 0. The Hall–Kier alpha value is -2.14. The van der Waals surface area contributed by atoms with Crippen LogP contribution in [0.5, 0.6) is 0 Å². The van der Waals surface area contributed by atoms with Gasteiger partial charge in [-0.2, -0.15) is 4.98 Å². The first-order valence-corrected chi connectivity index (χ1v) is 9.70. The number of hydrogen-bond donors (Lipinski definition) is 1. The van der Waals surface area contributed by atoms with Gasteiger partial charge in [0.25, 0.3) is 0 Å². The number of benzene rings is 1. The van der Waals surface area contributed by atoms with Crippen LogP contribution >= 0.6 is 0 Å². The second-order valence-electron chi connectivity index (χ2n) is 7.96. The predicted octanol–water partition coefficient (Wildman–Crippen LogP) is 2.94. The lowest BCUT2D eigenvalue weighted by atomic mass is 9.82. The molecule has 0 bridgehead atoms. The maximum Gasteiger partial charge on any atom is 0.227 e. The van der Waals surface area contributed by atoms with Gasteiger partial charge in [-0.1, -0.05) is 30.3 Å². The van der Waals surface area contributed by atoms with Crippen LogP contribution < -0.4 is 15.5 Å². The molecule has 0 radical (unpaired) electrons. The molecule has 0 spiro atoms. The minimum absolute atomic E-state index is 0.229. The Bertz CT molecular complexity index is 773. The van der Waals surface area contributed by atoms with Gasteiger partial charge in [0, 0.05) is 44.2 Å². The third-order valence-corrected chi connectivity index (χ3v) is 5.74. The van der Waals surface area contributed by atoms with Crippen LogP contribution in [0.2, 0.25) is 0 Å². The summed E-state index contributed by atoms with van der Waals surface area (Å²) < 4.78 is 0. The molecule has 0 saturated carbocycles. The maximum atomic E-state index is 6.25. The van der Waals surface area contributed by atoms with Gasteiger partial charge in [0.2, 0.25) is 5.95 Å². The maximum absolute atomic E-state index is 6.25. The van der Waals surface area contributed by atoms with Crippen molar-refractivity contribution in [3.05, 3.63) is 47.2 Å². The van der Waals surface area contributed by atoms with Crippen molar-refractivity contribution < 1.29 is 0 Å². The van der Waals surface area contributed by atoms with Crippen LogP contribution in [0.1, 0.15) is 48.9 Å². The second-order valence-corrected chi connectivity index (χ2v) is 7.96. The van der Waals surface area contributed by atoms with E-state index in [2.05, 4.69) is 42.2 Å². The Balaban J connectivity index is 1.85. The standard InChI is InChI=1S/C21H29N5/c1-14-12-16(22)13-26(14)20-18-11-7-10-17(15-8-5-4-6-9-15)19(18)23-21(24-20)25(2)3/h4-6,8-9,14,16-17H,7,10-13,22H2,1-3H3/t14-,16-,17?/m1/s1. The molecule has 2 aliphatic rings. The van der Waals surface area contributed by atoms with Gasteiger partial charge in [0.15, 0.2) is 0 Å². The van der Waals surface area contributed by atoms with E-state index in [1.54, 1.807) is 0 Å². The average molecular weight is 351 g/mol. The van der Waals surface area contributed by atoms with Crippen molar-refractivity contribution in [2.75, 3.05) is 30.4 Å². The largest absolute Gasteiger partial charge is 0.352 e. The molecule has 1 fully saturated rings. The monoisotopic (exact) mass is 351 g/mol. The number of fused-ring (bicyclic) bond motifs is 1. The van der Waals surface area contributed by atoms with Gasteiger partial charge in [-0.25, -0.2) is 4.98 Å². The summed E-state index contributed by atoms with van der Waals surface area (Å²) in [6.07, 6.45) is 4.41. The lowest BCUT2D eigenvalue weighted by Crippen LogP contribution is -2.33. The average Bonchev–Trinajstić information content (AvgIpc) is 2.99. The van der Waals surface area contributed by atoms with Gasteiger partial charge in [-0.05, 0) is 38.2 Å². The van der Waals surface area contributed by atoms with Crippen molar-refractivity contribution in [1.29, 1.82) is 0 Å². The van der Waals surface area contributed by atoms with E-state index in [4.69, 9.17) is 15.7 Å². The predicted molar refractivity (Wildman–Crippen MR) is 107 cm³/mol. The van der Waals surface area contributed by atoms with E-state index >= 15 is 0 Å². The third kappa shape index (κ3) is 3.05. The van der Waals surface area contributed by atoms with E-state index < -0.39 is 0 Å². The van der Waals surface area contributed by atoms with Crippen LogP contribution in [0.15, 0.2) is 30.3 Å². The van der Waals surface area contributed by atoms with Crippen molar-refractivity contribution in [3.8, 4) is 0 Å². The molecule has 5 nitrogen and oxygen atoms in total. The lowest BCUT2D eigenvalue weighted by Gasteiger charge is -2.32. The summed E-state index contributed by atoms with van der Waals surface area (Å²) in [7, 11) is 4.04. The van der Waals surface area contributed by atoms with E-state index in [1.165, 1.54) is 23.2 Å². The summed E-state index contributed by atoms with van der Waals surface area (Å²) in [6, 6.07) is 11.4. The molecular weight excluding hydrogens is 322 g/mol. The lowest BCUT2D eigenvalue weighted by molar-refractivity contribution is 0.589. The fraction of sp³-hybridized carbons (Fsp3) is 0.524. The van der Waals surface area contributed by atoms with Gasteiger partial charge >= 0.3 is 0 Å². The van der Waals surface area contributed by atoms with E-state index in [0.717, 1.165) is 37.6 Å². The van der Waals surface area contributed by atoms with Crippen LogP contribution in [0.3, 0.4) is 0 Å². The van der Waals surface area contributed by atoms with E-state index in [0.29, 0.717) is 12.0 Å². The molecule has 1 aromatic carbocycles. The summed E-state index contributed by atoms with van der Waals surface area (Å²) in [6.45, 7) is 3.14. The third-order valence-electron chi connectivity index (χ3n) is 5.74. The topological polar surface area (TPSA) is 58.3 Å². The molecule has 0 amide bonds. The minimum Gasteiger partial charge on any atom is -0.352 e. The van der Waals surface area contributed by atoms with Gasteiger partial charge in [-0.3, -0.25) is 0 Å². The number of hydrogen-bond acceptors (Lipinski definition) is 5. The SMILES string of the molecule is C[C@@H]1C[C@@H](N)CN1c1nc(N(C)C)nc2c1CCCC2c1ccccc1. The Morgan fingerprint density at radius 1 is 1.15 bits per heavy atom. The van der Waals surface area contributed by atoms with Crippen LogP contribution in [0.4, 0.5) is 11.8 Å². The molecule has 4 rings (SSSR count). The Morgan fingerprint density at radius 2 is 1.92 bits per heavy atom. The summed E-state index contributed by atoms with van der Waals surface area (Å²) in [4.78, 5) is 14.4. The first kappa shape index (κ1) is 17.3. The normalized spacial score (nSPS) is 25.2. The molecule has 1 saturated heterocycles. The highest BCUT2D eigenvalue weighted by Gasteiger charge is 2.34. The molecule has 1 aliphatic carbocycles. The Morgan fingerprint density at radius 3 is 2.58 bits per heavy atom. The first-order valence-electron chi connectivity index (χ1n) is 9.70. The zero-order valence-electron chi connectivity index (χ0n) is 16.0. The molecule has 2 N–H and O–H groups in total. The number of nitrogens with zero attached hydrogens (tertiary/aromatic N) is 4. The van der Waals surface area contributed by atoms with Crippen molar-refractivity contribution in [1.82, 2.24) is 9.97 Å². The Labute approximate surface area is 156 Å². The van der Waals surface area contributed by atoms with Gasteiger partial charge in [0.05, 0.1) is 5.69 Å². The van der Waals surface area contributed by atoms with Gasteiger partial charge in [-0.15, -0.1) is 0 Å².